The Labute approximate surface area is 97.0 Å². The molecule has 0 unspecified atom stereocenters. The van der Waals surface area contributed by atoms with Gasteiger partial charge >= 0.3 is 0 Å². The zero-order chi connectivity index (χ0) is 11.2. The second-order valence-corrected chi connectivity index (χ2v) is 5.57. The fourth-order valence-corrected chi connectivity index (χ4v) is 3.82. The van der Waals surface area contributed by atoms with E-state index < -0.39 is 0 Å². The molecule has 16 heavy (non-hydrogen) atoms. The van der Waals surface area contributed by atoms with Crippen molar-refractivity contribution < 1.29 is 4.74 Å². The first kappa shape index (κ1) is 10.2. The summed E-state index contributed by atoms with van der Waals surface area (Å²) < 4.78 is 5.30. The van der Waals surface area contributed by atoms with Crippen LogP contribution in [0.2, 0.25) is 0 Å². The molecule has 0 aliphatic heterocycles. The van der Waals surface area contributed by atoms with Gasteiger partial charge in [0.15, 0.2) is 0 Å². The van der Waals surface area contributed by atoms with Crippen molar-refractivity contribution in [3.05, 3.63) is 29.8 Å². The van der Waals surface area contributed by atoms with Gasteiger partial charge in [-0.05, 0) is 54.8 Å². The van der Waals surface area contributed by atoms with Crippen LogP contribution in [-0.4, -0.2) is 20.7 Å². The lowest BCUT2D eigenvalue weighted by molar-refractivity contribution is -0.137. The average Bonchev–Trinajstić information content (AvgIpc) is 2.21. The maximum Gasteiger partial charge on any atom is 0.119 e. The SMILES string of the molecule is CNCC12CC(c3cccc(OC)c3)(C1)C2. The number of benzene rings is 1. The van der Waals surface area contributed by atoms with Gasteiger partial charge < -0.3 is 10.1 Å². The molecule has 0 radical (unpaired) electrons. The summed E-state index contributed by atoms with van der Waals surface area (Å²) >= 11 is 0. The summed E-state index contributed by atoms with van der Waals surface area (Å²) in [4.78, 5) is 0. The predicted octanol–water partition coefficient (Wildman–Crippen LogP) is 2.34. The summed E-state index contributed by atoms with van der Waals surface area (Å²) in [5, 5.41) is 3.31. The monoisotopic (exact) mass is 217 g/mol. The van der Waals surface area contributed by atoms with Gasteiger partial charge in [0, 0.05) is 6.54 Å². The van der Waals surface area contributed by atoms with Crippen LogP contribution in [0, 0.1) is 5.41 Å². The van der Waals surface area contributed by atoms with E-state index in [4.69, 9.17) is 4.74 Å². The lowest BCUT2D eigenvalue weighted by Gasteiger charge is -2.71. The summed E-state index contributed by atoms with van der Waals surface area (Å²) in [6.45, 7) is 1.18. The molecule has 1 aromatic carbocycles. The first-order valence-electron chi connectivity index (χ1n) is 6.01. The number of methoxy groups -OCH3 is 1. The van der Waals surface area contributed by atoms with E-state index in [0.717, 1.165) is 5.75 Å². The highest BCUT2D eigenvalue weighted by molar-refractivity contribution is 5.42. The van der Waals surface area contributed by atoms with E-state index in [2.05, 4.69) is 30.6 Å². The summed E-state index contributed by atoms with van der Waals surface area (Å²) in [5.41, 5.74) is 2.59. The molecule has 0 spiro atoms. The topological polar surface area (TPSA) is 21.3 Å². The van der Waals surface area contributed by atoms with Crippen molar-refractivity contribution in [3.63, 3.8) is 0 Å². The molecule has 2 nitrogen and oxygen atoms in total. The Morgan fingerprint density at radius 2 is 2.06 bits per heavy atom. The summed E-state index contributed by atoms with van der Waals surface area (Å²) in [6, 6.07) is 8.60. The smallest absolute Gasteiger partial charge is 0.119 e. The summed E-state index contributed by atoms with van der Waals surface area (Å²) in [7, 11) is 3.79. The number of hydrogen-bond donors (Lipinski definition) is 1. The fourth-order valence-electron chi connectivity index (χ4n) is 3.82. The van der Waals surface area contributed by atoms with Crippen LogP contribution in [-0.2, 0) is 5.41 Å². The molecule has 0 heterocycles. The third-order valence-electron chi connectivity index (χ3n) is 4.37. The Kier molecular flexibility index (Phi) is 2.05. The molecule has 3 aliphatic rings. The molecule has 0 amide bonds. The molecule has 3 fully saturated rings. The van der Waals surface area contributed by atoms with Gasteiger partial charge in [0.1, 0.15) is 5.75 Å². The molecule has 1 N–H and O–H groups in total. The number of ether oxygens (including phenoxy) is 1. The Hall–Kier alpha value is -1.02. The molecular formula is C14H19NO. The van der Waals surface area contributed by atoms with E-state index in [-0.39, 0.29) is 0 Å². The van der Waals surface area contributed by atoms with Gasteiger partial charge in [0.2, 0.25) is 0 Å². The molecule has 2 heteroatoms. The highest BCUT2D eigenvalue weighted by Gasteiger charge is 2.67. The third-order valence-corrected chi connectivity index (χ3v) is 4.37. The van der Waals surface area contributed by atoms with Gasteiger partial charge in [-0.3, -0.25) is 0 Å². The summed E-state index contributed by atoms with van der Waals surface area (Å²) in [6.07, 6.45) is 4.07. The molecule has 2 bridgehead atoms. The van der Waals surface area contributed by atoms with E-state index in [0.29, 0.717) is 10.8 Å². The molecule has 4 rings (SSSR count). The Morgan fingerprint density at radius 1 is 1.31 bits per heavy atom. The Bertz CT molecular complexity index is 393. The van der Waals surface area contributed by atoms with Crippen molar-refractivity contribution in [1.82, 2.24) is 5.32 Å². The molecule has 0 aromatic heterocycles. The second kappa shape index (κ2) is 3.24. The van der Waals surface area contributed by atoms with Crippen LogP contribution in [0.5, 0.6) is 5.75 Å². The number of hydrogen-bond acceptors (Lipinski definition) is 2. The predicted molar refractivity (Wildman–Crippen MR) is 64.9 cm³/mol. The van der Waals surface area contributed by atoms with Gasteiger partial charge in [-0.1, -0.05) is 12.1 Å². The Balaban J connectivity index is 1.77. The van der Waals surface area contributed by atoms with E-state index in [1.807, 2.05) is 6.07 Å². The normalized spacial score (nSPS) is 35.1. The van der Waals surface area contributed by atoms with Crippen molar-refractivity contribution in [2.75, 3.05) is 20.7 Å². The van der Waals surface area contributed by atoms with Crippen molar-refractivity contribution in [1.29, 1.82) is 0 Å². The van der Waals surface area contributed by atoms with E-state index in [1.54, 1.807) is 7.11 Å². The zero-order valence-electron chi connectivity index (χ0n) is 10.0. The first-order valence-corrected chi connectivity index (χ1v) is 6.01. The molecule has 86 valence electrons. The molecule has 3 saturated carbocycles. The van der Waals surface area contributed by atoms with Crippen molar-refractivity contribution in [3.8, 4) is 5.75 Å². The Morgan fingerprint density at radius 3 is 2.69 bits per heavy atom. The van der Waals surface area contributed by atoms with Crippen molar-refractivity contribution >= 4 is 0 Å². The number of nitrogens with one attached hydrogen (secondary N) is 1. The van der Waals surface area contributed by atoms with Crippen LogP contribution >= 0.6 is 0 Å². The molecular weight excluding hydrogens is 198 g/mol. The van der Waals surface area contributed by atoms with E-state index >= 15 is 0 Å². The van der Waals surface area contributed by atoms with Crippen LogP contribution in [0.15, 0.2) is 24.3 Å². The lowest BCUT2D eigenvalue weighted by atomic mass is 9.33. The van der Waals surface area contributed by atoms with Crippen LogP contribution in [0.1, 0.15) is 24.8 Å². The van der Waals surface area contributed by atoms with Gasteiger partial charge in [0.25, 0.3) is 0 Å². The first-order chi connectivity index (χ1) is 7.72. The highest BCUT2D eigenvalue weighted by atomic mass is 16.5. The van der Waals surface area contributed by atoms with Crippen LogP contribution in [0.4, 0.5) is 0 Å². The van der Waals surface area contributed by atoms with Crippen LogP contribution in [0.25, 0.3) is 0 Å². The molecule has 3 aliphatic carbocycles. The lowest BCUT2D eigenvalue weighted by Crippen LogP contribution is -2.67. The largest absolute Gasteiger partial charge is 0.497 e. The maximum atomic E-state index is 5.30. The fraction of sp³-hybridized carbons (Fsp3) is 0.571. The van der Waals surface area contributed by atoms with Gasteiger partial charge in [-0.2, -0.15) is 0 Å². The standard InChI is InChI=1S/C14H19NO/c1-15-10-13-7-14(8-13,9-13)11-4-3-5-12(6-11)16-2/h3-6,15H,7-10H2,1-2H3. The minimum absolute atomic E-state index is 0.491. The second-order valence-electron chi connectivity index (χ2n) is 5.57. The van der Waals surface area contributed by atoms with Gasteiger partial charge in [0.05, 0.1) is 7.11 Å². The molecule has 0 saturated heterocycles. The van der Waals surface area contributed by atoms with Crippen LogP contribution < -0.4 is 10.1 Å². The summed E-state index contributed by atoms with van der Waals surface area (Å²) in [5.74, 6) is 0.991. The third kappa shape index (κ3) is 1.23. The van der Waals surface area contributed by atoms with Gasteiger partial charge in [-0.25, -0.2) is 0 Å². The van der Waals surface area contributed by atoms with E-state index in [1.165, 1.54) is 31.4 Å². The minimum atomic E-state index is 0.491. The van der Waals surface area contributed by atoms with Crippen LogP contribution in [0.3, 0.4) is 0 Å². The average molecular weight is 217 g/mol. The van der Waals surface area contributed by atoms with E-state index in [9.17, 15) is 0 Å². The minimum Gasteiger partial charge on any atom is -0.497 e. The molecule has 1 aromatic rings. The van der Waals surface area contributed by atoms with Gasteiger partial charge in [-0.15, -0.1) is 0 Å². The molecule has 0 atom stereocenters. The quantitative estimate of drug-likeness (QED) is 0.836. The van der Waals surface area contributed by atoms with Crippen molar-refractivity contribution in [2.45, 2.75) is 24.7 Å². The highest BCUT2D eigenvalue weighted by Crippen LogP contribution is 2.73. The number of rotatable bonds is 4. The maximum absolute atomic E-state index is 5.30. The zero-order valence-corrected chi connectivity index (χ0v) is 10.0. The van der Waals surface area contributed by atoms with Crippen molar-refractivity contribution in [2.24, 2.45) is 5.41 Å².